The first-order chi connectivity index (χ1) is 9.70. The van der Waals surface area contributed by atoms with E-state index >= 15 is 0 Å². The average molecular weight is 287 g/mol. The number of carbonyl (C=O) groups is 1. The lowest BCUT2D eigenvalue weighted by Gasteiger charge is -2.32. The van der Waals surface area contributed by atoms with Gasteiger partial charge in [-0.3, -0.25) is 4.79 Å². The standard InChI is InChI=1S/C17H21NOS/c1-13(19)18-17(10-6-2-3-7-11-17)16-12-14-8-4-5-9-15(14)20-16/h4-5,8-9,12H,2-3,6-7,10-11H2,1H3,(H,18,19). The van der Waals surface area contributed by atoms with Gasteiger partial charge in [-0.25, -0.2) is 0 Å². The smallest absolute Gasteiger partial charge is 0.217 e. The van der Waals surface area contributed by atoms with E-state index in [1.54, 1.807) is 6.92 Å². The predicted molar refractivity (Wildman–Crippen MR) is 85.0 cm³/mol. The van der Waals surface area contributed by atoms with Crippen LogP contribution in [0.4, 0.5) is 0 Å². The van der Waals surface area contributed by atoms with E-state index in [1.165, 1.54) is 40.6 Å². The van der Waals surface area contributed by atoms with Crippen LogP contribution in [-0.4, -0.2) is 5.91 Å². The summed E-state index contributed by atoms with van der Waals surface area (Å²) in [5.74, 6) is 0.0874. The van der Waals surface area contributed by atoms with Crippen LogP contribution in [0.5, 0.6) is 0 Å². The summed E-state index contributed by atoms with van der Waals surface area (Å²) in [6.07, 6.45) is 7.11. The Morgan fingerprint density at radius 3 is 2.50 bits per heavy atom. The molecule has 2 aromatic rings. The molecular formula is C17H21NOS. The zero-order chi connectivity index (χ0) is 14.0. The van der Waals surface area contributed by atoms with Gasteiger partial charge in [0.25, 0.3) is 0 Å². The molecule has 1 aliphatic carbocycles. The van der Waals surface area contributed by atoms with Gasteiger partial charge in [-0.2, -0.15) is 0 Å². The first kappa shape index (κ1) is 13.6. The van der Waals surface area contributed by atoms with Crippen LogP contribution in [0.25, 0.3) is 10.1 Å². The molecule has 1 aromatic heterocycles. The summed E-state index contributed by atoms with van der Waals surface area (Å²) in [7, 11) is 0. The van der Waals surface area contributed by atoms with E-state index in [4.69, 9.17) is 0 Å². The molecule has 106 valence electrons. The highest BCUT2D eigenvalue weighted by molar-refractivity contribution is 7.19. The first-order valence-electron chi connectivity index (χ1n) is 7.47. The van der Waals surface area contributed by atoms with Gasteiger partial charge < -0.3 is 5.32 Å². The Balaban J connectivity index is 2.04. The molecule has 1 amide bonds. The van der Waals surface area contributed by atoms with Gasteiger partial charge in [0.2, 0.25) is 5.91 Å². The molecule has 0 bridgehead atoms. The number of thiophene rings is 1. The summed E-state index contributed by atoms with van der Waals surface area (Å²) >= 11 is 1.84. The van der Waals surface area contributed by atoms with Gasteiger partial charge in [0.05, 0.1) is 5.54 Å². The van der Waals surface area contributed by atoms with E-state index in [-0.39, 0.29) is 11.4 Å². The first-order valence-corrected chi connectivity index (χ1v) is 8.29. The lowest BCUT2D eigenvalue weighted by Crippen LogP contribution is -2.44. The molecule has 0 atom stereocenters. The molecule has 0 unspecified atom stereocenters. The summed E-state index contributed by atoms with van der Waals surface area (Å²) in [4.78, 5) is 13.0. The Morgan fingerprint density at radius 1 is 1.15 bits per heavy atom. The minimum Gasteiger partial charge on any atom is -0.346 e. The van der Waals surface area contributed by atoms with E-state index in [1.807, 2.05) is 11.3 Å². The molecule has 1 saturated carbocycles. The van der Waals surface area contributed by atoms with Crippen molar-refractivity contribution in [2.75, 3.05) is 0 Å². The number of amides is 1. The zero-order valence-corrected chi connectivity index (χ0v) is 12.8. The van der Waals surface area contributed by atoms with Crippen molar-refractivity contribution < 1.29 is 4.79 Å². The maximum Gasteiger partial charge on any atom is 0.217 e. The third-order valence-electron chi connectivity index (χ3n) is 4.27. The molecule has 1 aromatic carbocycles. The molecule has 20 heavy (non-hydrogen) atoms. The van der Waals surface area contributed by atoms with Crippen molar-refractivity contribution in [1.82, 2.24) is 5.32 Å². The van der Waals surface area contributed by atoms with Crippen LogP contribution in [0.1, 0.15) is 50.3 Å². The van der Waals surface area contributed by atoms with Gasteiger partial charge in [-0.05, 0) is 30.4 Å². The van der Waals surface area contributed by atoms with Gasteiger partial charge in [-0.1, -0.05) is 43.9 Å². The molecule has 0 saturated heterocycles. The van der Waals surface area contributed by atoms with Gasteiger partial charge >= 0.3 is 0 Å². The fourth-order valence-electron chi connectivity index (χ4n) is 3.32. The van der Waals surface area contributed by atoms with E-state index in [9.17, 15) is 4.79 Å². The number of benzene rings is 1. The minimum atomic E-state index is -0.133. The summed E-state index contributed by atoms with van der Waals surface area (Å²) < 4.78 is 1.32. The monoisotopic (exact) mass is 287 g/mol. The molecule has 0 aliphatic heterocycles. The lowest BCUT2D eigenvalue weighted by molar-refractivity contribution is -0.121. The predicted octanol–water partition coefficient (Wildman–Crippen LogP) is 4.59. The third-order valence-corrected chi connectivity index (χ3v) is 5.59. The zero-order valence-electron chi connectivity index (χ0n) is 11.9. The van der Waals surface area contributed by atoms with E-state index in [0.29, 0.717) is 0 Å². The number of hydrogen-bond acceptors (Lipinski definition) is 2. The third kappa shape index (κ3) is 2.59. The fourth-order valence-corrected chi connectivity index (χ4v) is 4.58. The fraction of sp³-hybridized carbons (Fsp3) is 0.471. The summed E-state index contributed by atoms with van der Waals surface area (Å²) in [5, 5.41) is 4.58. The van der Waals surface area contributed by atoms with Crippen molar-refractivity contribution in [1.29, 1.82) is 0 Å². The molecule has 3 heteroatoms. The second kappa shape index (κ2) is 5.57. The molecule has 1 fully saturated rings. The topological polar surface area (TPSA) is 29.1 Å². The minimum absolute atomic E-state index is 0.0874. The van der Waals surface area contributed by atoms with Crippen LogP contribution in [0, 0.1) is 0 Å². The van der Waals surface area contributed by atoms with Crippen molar-refractivity contribution in [2.45, 2.75) is 51.0 Å². The molecule has 1 N–H and O–H groups in total. The molecular weight excluding hydrogens is 266 g/mol. The highest BCUT2D eigenvalue weighted by Crippen LogP contribution is 2.41. The highest BCUT2D eigenvalue weighted by Gasteiger charge is 2.35. The second-order valence-electron chi connectivity index (χ2n) is 5.83. The summed E-state index contributed by atoms with van der Waals surface area (Å²) in [6, 6.07) is 10.8. The Morgan fingerprint density at radius 2 is 1.85 bits per heavy atom. The summed E-state index contributed by atoms with van der Waals surface area (Å²) in [6.45, 7) is 1.64. The quantitative estimate of drug-likeness (QED) is 0.804. The van der Waals surface area contributed by atoms with Crippen molar-refractivity contribution in [3.63, 3.8) is 0 Å². The van der Waals surface area contributed by atoms with Gasteiger partial charge in [-0.15, -0.1) is 11.3 Å². The number of fused-ring (bicyclic) bond motifs is 1. The molecule has 2 nitrogen and oxygen atoms in total. The maximum atomic E-state index is 11.7. The van der Waals surface area contributed by atoms with Gasteiger partial charge in [0.1, 0.15) is 0 Å². The molecule has 3 rings (SSSR count). The normalized spacial score (nSPS) is 18.6. The van der Waals surface area contributed by atoms with Crippen molar-refractivity contribution in [3.05, 3.63) is 35.2 Å². The van der Waals surface area contributed by atoms with Crippen LogP contribution in [0.2, 0.25) is 0 Å². The Kier molecular flexibility index (Phi) is 3.79. The number of hydrogen-bond donors (Lipinski definition) is 1. The number of rotatable bonds is 2. The largest absolute Gasteiger partial charge is 0.346 e. The SMILES string of the molecule is CC(=O)NC1(c2cc3ccccc3s2)CCCCCC1. The molecule has 1 aliphatic rings. The van der Waals surface area contributed by atoms with Gasteiger partial charge in [0, 0.05) is 16.5 Å². The van der Waals surface area contributed by atoms with E-state index in [0.717, 1.165) is 12.8 Å². The van der Waals surface area contributed by atoms with Crippen LogP contribution >= 0.6 is 11.3 Å². The Bertz CT molecular complexity index is 575. The Hall–Kier alpha value is -1.35. The summed E-state index contributed by atoms with van der Waals surface area (Å²) in [5.41, 5.74) is -0.133. The highest BCUT2D eigenvalue weighted by atomic mass is 32.1. The lowest BCUT2D eigenvalue weighted by atomic mass is 9.88. The van der Waals surface area contributed by atoms with Gasteiger partial charge in [0.15, 0.2) is 0 Å². The second-order valence-corrected chi connectivity index (χ2v) is 6.91. The van der Waals surface area contributed by atoms with Crippen LogP contribution in [0.3, 0.4) is 0 Å². The molecule has 0 spiro atoms. The van der Waals surface area contributed by atoms with E-state index in [2.05, 4.69) is 35.6 Å². The molecule has 1 heterocycles. The van der Waals surface area contributed by atoms with Crippen LogP contribution in [0.15, 0.2) is 30.3 Å². The molecule has 0 radical (unpaired) electrons. The number of carbonyl (C=O) groups excluding carboxylic acids is 1. The Labute approximate surface area is 124 Å². The maximum absolute atomic E-state index is 11.7. The van der Waals surface area contributed by atoms with Crippen LogP contribution < -0.4 is 5.32 Å². The van der Waals surface area contributed by atoms with Crippen molar-refractivity contribution >= 4 is 27.3 Å². The van der Waals surface area contributed by atoms with Crippen molar-refractivity contribution in [2.24, 2.45) is 0 Å². The number of nitrogens with one attached hydrogen (secondary N) is 1. The van der Waals surface area contributed by atoms with Crippen LogP contribution in [-0.2, 0) is 10.3 Å². The van der Waals surface area contributed by atoms with Crippen molar-refractivity contribution in [3.8, 4) is 0 Å². The average Bonchev–Trinajstić information content (AvgIpc) is 2.73. The van der Waals surface area contributed by atoms with E-state index < -0.39 is 0 Å².